The molecule has 2 rings (SSSR count). The summed E-state index contributed by atoms with van der Waals surface area (Å²) in [6, 6.07) is 3.15. The second-order valence-corrected chi connectivity index (χ2v) is 4.69. The van der Waals surface area contributed by atoms with Crippen molar-refractivity contribution in [3.8, 4) is 0 Å². The van der Waals surface area contributed by atoms with Gasteiger partial charge in [-0.25, -0.2) is 0 Å². The van der Waals surface area contributed by atoms with E-state index >= 15 is 0 Å². The van der Waals surface area contributed by atoms with Crippen LogP contribution in [0.5, 0.6) is 0 Å². The van der Waals surface area contributed by atoms with E-state index in [4.69, 9.17) is 4.42 Å². The van der Waals surface area contributed by atoms with Crippen LogP contribution in [-0.4, -0.2) is 17.5 Å². The molecule has 1 aliphatic rings. The predicted molar refractivity (Wildman–Crippen MR) is 56.0 cm³/mol. The Morgan fingerprint density at radius 1 is 1.62 bits per heavy atom. The molecule has 0 radical (unpaired) electrons. The Bertz CT molecular complexity index is 247. The minimum atomic E-state index is 0.473. The van der Waals surface area contributed by atoms with Gasteiger partial charge in [0.1, 0.15) is 0 Å². The first-order chi connectivity index (χ1) is 6.36. The molecule has 0 saturated carbocycles. The Balaban J connectivity index is 2.05. The van der Waals surface area contributed by atoms with Crippen LogP contribution in [0.2, 0.25) is 0 Å². The summed E-state index contributed by atoms with van der Waals surface area (Å²) in [5.41, 5.74) is 1.28. The number of thioether (sulfide) groups is 1. The molecule has 2 heterocycles. The maximum atomic E-state index is 5.09. The van der Waals surface area contributed by atoms with Crippen molar-refractivity contribution in [1.29, 1.82) is 0 Å². The molecule has 1 fully saturated rings. The molecule has 0 aromatic carbocycles. The van der Waals surface area contributed by atoms with Crippen molar-refractivity contribution in [2.24, 2.45) is 0 Å². The minimum Gasteiger partial charge on any atom is -0.472 e. The topological polar surface area (TPSA) is 25.2 Å². The van der Waals surface area contributed by atoms with Crippen molar-refractivity contribution in [3.63, 3.8) is 0 Å². The molecule has 1 N–H and O–H groups in total. The van der Waals surface area contributed by atoms with E-state index in [1.807, 2.05) is 18.0 Å². The van der Waals surface area contributed by atoms with Crippen LogP contribution in [-0.2, 0) is 0 Å². The molecule has 13 heavy (non-hydrogen) atoms. The van der Waals surface area contributed by atoms with Crippen molar-refractivity contribution < 1.29 is 4.42 Å². The Hall–Kier alpha value is -0.410. The predicted octanol–water partition coefficient (Wildman–Crippen LogP) is 2.44. The second kappa shape index (κ2) is 4.20. The van der Waals surface area contributed by atoms with E-state index in [1.165, 1.54) is 17.7 Å². The molecular formula is C10H15NOS. The highest BCUT2D eigenvalue weighted by molar-refractivity contribution is 7.99. The summed E-state index contributed by atoms with van der Waals surface area (Å²) in [6.45, 7) is 2.25. The molecule has 1 aromatic rings. The van der Waals surface area contributed by atoms with Crippen molar-refractivity contribution in [1.82, 2.24) is 5.32 Å². The molecule has 2 nitrogen and oxygen atoms in total. The van der Waals surface area contributed by atoms with Gasteiger partial charge in [0.15, 0.2) is 0 Å². The zero-order chi connectivity index (χ0) is 9.10. The zero-order valence-corrected chi connectivity index (χ0v) is 8.64. The summed E-state index contributed by atoms with van der Waals surface area (Å²) in [7, 11) is 0. The minimum absolute atomic E-state index is 0.473. The van der Waals surface area contributed by atoms with Crippen LogP contribution in [0.1, 0.15) is 24.9 Å². The lowest BCUT2D eigenvalue weighted by Crippen LogP contribution is -2.29. The summed E-state index contributed by atoms with van der Waals surface area (Å²) in [4.78, 5) is 0. The van der Waals surface area contributed by atoms with Crippen LogP contribution in [0, 0.1) is 0 Å². The first-order valence-corrected chi connectivity index (χ1v) is 5.87. The van der Waals surface area contributed by atoms with Gasteiger partial charge in [-0.05, 0) is 25.2 Å². The molecule has 0 amide bonds. The van der Waals surface area contributed by atoms with E-state index in [9.17, 15) is 0 Å². The van der Waals surface area contributed by atoms with Crippen molar-refractivity contribution in [2.45, 2.75) is 25.4 Å². The Morgan fingerprint density at radius 3 is 3.31 bits per heavy atom. The van der Waals surface area contributed by atoms with E-state index in [0.717, 1.165) is 5.75 Å². The lowest BCUT2D eigenvalue weighted by molar-refractivity contribution is 0.478. The third kappa shape index (κ3) is 2.29. The van der Waals surface area contributed by atoms with Gasteiger partial charge >= 0.3 is 0 Å². The van der Waals surface area contributed by atoms with Gasteiger partial charge in [0.05, 0.1) is 12.5 Å². The fourth-order valence-electron chi connectivity index (χ4n) is 1.60. The number of hydrogen-bond donors (Lipinski definition) is 1. The van der Waals surface area contributed by atoms with Crippen LogP contribution < -0.4 is 5.32 Å². The lowest BCUT2D eigenvalue weighted by Gasteiger charge is -2.17. The van der Waals surface area contributed by atoms with Gasteiger partial charge in [-0.15, -0.1) is 0 Å². The highest BCUT2D eigenvalue weighted by atomic mass is 32.2. The van der Waals surface area contributed by atoms with E-state index in [1.54, 1.807) is 6.26 Å². The van der Waals surface area contributed by atoms with Gasteiger partial charge < -0.3 is 9.73 Å². The quantitative estimate of drug-likeness (QED) is 0.748. The standard InChI is InChI=1S/C10H15NOS/c1-8-3-5-13-7-10(11-8)9-2-4-12-6-9/h2,4,6,8,10-11H,3,5,7H2,1H3. The van der Waals surface area contributed by atoms with Crippen molar-refractivity contribution in [3.05, 3.63) is 24.2 Å². The van der Waals surface area contributed by atoms with Gasteiger partial charge in [-0.3, -0.25) is 0 Å². The molecule has 1 saturated heterocycles. The number of nitrogens with one attached hydrogen (secondary N) is 1. The average molecular weight is 197 g/mol. The Morgan fingerprint density at radius 2 is 2.54 bits per heavy atom. The molecule has 0 bridgehead atoms. The maximum absolute atomic E-state index is 5.09. The summed E-state index contributed by atoms with van der Waals surface area (Å²) in [5, 5.41) is 3.60. The van der Waals surface area contributed by atoms with E-state index in [0.29, 0.717) is 12.1 Å². The second-order valence-electron chi connectivity index (χ2n) is 3.54. The zero-order valence-electron chi connectivity index (χ0n) is 7.82. The Kier molecular flexibility index (Phi) is 2.96. The molecule has 2 atom stereocenters. The molecule has 72 valence electrons. The molecule has 3 heteroatoms. The number of furan rings is 1. The van der Waals surface area contributed by atoms with E-state index in [-0.39, 0.29) is 0 Å². The molecule has 1 aromatic heterocycles. The summed E-state index contributed by atoms with van der Waals surface area (Å²) in [6.07, 6.45) is 4.85. The van der Waals surface area contributed by atoms with Gasteiger partial charge in [0, 0.05) is 23.4 Å². The average Bonchev–Trinajstić information content (AvgIpc) is 2.56. The van der Waals surface area contributed by atoms with Crippen LogP contribution >= 0.6 is 11.8 Å². The van der Waals surface area contributed by atoms with Gasteiger partial charge in [-0.2, -0.15) is 11.8 Å². The molecule has 0 spiro atoms. The van der Waals surface area contributed by atoms with Gasteiger partial charge in [0.25, 0.3) is 0 Å². The monoisotopic (exact) mass is 197 g/mol. The molecule has 2 unspecified atom stereocenters. The number of hydrogen-bond acceptors (Lipinski definition) is 3. The van der Waals surface area contributed by atoms with Crippen molar-refractivity contribution in [2.75, 3.05) is 11.5 Å². The molecular weight excluding hydrogens is 182 g/mol. The third-order valence-electron chi connectivity index (χ3n) is 2.41. The number of rotatable bonds is 1. The third-order valence-corrected chi connectivity index (χ3v) is 3.50. The summed E-state index contributed by atoms with van der Waals surface area (Å²) >= 11 is 2.02. The fraction of sp³-hybridized carbons (Fsp3) is 0.600. The fourth-order valence-corrected chi connectivity index (χ4v) is 2.81. The highest BCUT2D eigenvalue weighted by Crippen LogP contribution is 2.23. The lowest BCUT2D eigenvalue weighted by atomic mass is 10.1. The summed E-state index contributed by atoms with van der Waals surface area (Å²) < 4.78 is 5.09. The van der Waals surface area contributed by atoms with E-state index < -0.39 is 0 Å². The normalized spacial score (nSPS) is 29.9. The van der Waals surface area contributed by atoms with Crippen LogP contribution in [0.15, 0.2) is 23.0 Å². The Labute approximate surface area is 83.1 Å². The van der Waals surface area contributed by atoms with Gasteiger partial charge in [-0.1, -0.05) is 0 Å². The highest BCUT2D eigenvalue weighted by Gasteiger charge is 2.18. The SMILES string of the molecule is CC1CCSCC(c2ccoc2)N1. The first-order valence-electron chi connectivity index (χ1n) is 4.72. The maximum Gasteiger partial charge on any atom is 0.0950 e. The summed E-state index contributed by atoms with van der Waals surface area (Å²) in [5.74, 6) is 2.42. The van der Waals surface area contributed by atoms with Crippen LogP contribution in [0.3, 0.4) is 0 Å². The largest absolute Gasteiger partial charge is 0.472 e. The first kappa shape index (κ1) is 9.16. The molecule has 1 aliphatic heterocycles. The smallest absolute Gasteiger partial charge is 0.0950 e. The van der Waals surface area contributed by atoms with Gasteiger partial charge in [0.2, 0.25) is 0 Å². The molecule has 0 aliphatic carbocycles. The van der Waals surface area contributed by atoms with Crippen molar-refractivity contribution >= 4 is 11.8 Å². The van der Waals surface area contributed by atoms with E-state index in [2.05, 4.69) is 18.3 Å². The van der Waals surface area contributed by atoms with Crippen LogP contribution in [0.4, 0.5) is 0 Å². The van der Waals surface area contributed by atoms with Crippen LogP contribution in [0.25, 0.3) is 0 Å².